The molecule has 1 N–H and O–H groups in total. The molecule has 1 aliphatic heterocycles. The van der Waals surface area contributed by atoms with Gasteiger partial charge in [0.25, 0.3) is 5.91 Å². The van der Waals surface area contributed by atoms with Gasteiger partial charge in [-0.05, 0) is 54.6 Å². The molecule has 0 radical (unpaired) electrons. The van der Waals surface area contributed by atoms with E-state index in [0.29, 0.717) is 30.4 Å². The first-order chi connectivity index (χ1) is 16.0. The first-order valence-corrected chi connectivity index (χ1v) is 11.8. The number of sulfonamides is 1. The van der Waals surface area contributed by atoms with Crippen LogP contribution in [0.3, 0.4) is 0 Å². The zero-order chi connectivity index (χ0) is 23.3. The SMILES string of the molecule is COc1ccc(C(=O)Nc2ccc(Oc3ccccc3)cc2)cc1S(=O)(=O)N1CCOCC1. The molecule has 0 aromatic heterocycles. The number of rotatable bonds is 7. The molecule has 1 aliphatic rings. The Hall–Kier alpha value is -3.40. The number of methoxy groups -OCH3 is 1. The van der Waals surface area contributed by atoms with Crippen molar-refractivity contribution in [2.75, 3.05) is 38.7 Å². The van der Waals surface area contributed by atoms with E-state index < -0.39 is 15.9 Å². The number of para-hydroxylation sites is 1. The van der Waals surface area contributed by atoms with Crippen LogP contribution < -0.4 is 14.8 Å². The molecular formula is C24H24N2O6S. The second-order valence-corrected chi connectivity index (χ2v) is 9.18. The lowest BCUT2D eigenvalue weighted by Crippen LogP contribution is -2.40. The highest BCUT2D eigenvalue weighted by Crippen LogP contribution is 2.29. The van der Waals surface area contributed by atoms with Gasteiger partial charge in [-0.15, -0.1) is 0 Å². The van der Waals surface area contributed by atoms with Crippen LogP contribution in [0.15, 0.2) is 77.7 Å². The second-order valence-electron chi connectivity index (χ2n) is 7.28. The third kappa shape index (κ3) is 5.33. The number of nitrogens with zero attached hydrogens (tertiary/aromatic N) is 1. The summed E-state index contributed by atoms with van der Waals surface area (Å²) < 4.78 is 43.9. The van der Waals surface area contributed by atoms with Gasteiger partial charge in [-0.1, -0.05) is 18.2 Å². The number of ether oxygens (including phenoxy) is 3. The Morgan fingerprint density at radius 2 is 1.61 bits per heavy atom. The molecule has 0 saturated carbocycles. The summed E-state index contributed by atoms with van der Waals surface area (Å²) in [5.41, 5.74) is 0.751. The zero-order valence-corrected chi connectivity index (χ0v) is 18.9. The van der Waals surface area contributed by atoms with Crippen LogP contribution in [0.2, 0.25) is 0 Å². The number of benzene rings is 3. The Kier molecular flexibility index (Phi) is 6.93. The van der Waals surface area contributed by atoms with Crippen LogP contribution in [0.25, 0.3) is 0 Å². The van der Waals surface area contributed by atoms with Gasteiger partial charge in [0, 0.05) is 24.3 Å². The van der Waals surface area contributed by atoms with Crippen molar-refractivity contribution in [3.63, 3.8) is 0 Å². The number of morpholine rings is 1. The third-order valence-electron chi connectivity index (χ3n) is 5.10. The summed E-state index contributed by atoms with van der Waals surface area (Å²) in [6.45, 7) is 1.15. The molecule has 3 aromatic rings. The van der Waals surface area contributed by atoms with E-state index in [1.54, 1.807) is 24.3 Å². The minimum atomic E-state index is -3.84. The van der Waals surface area contributed by atoms with E-state index in [0.717, 1.165) is 0 Å². The average molecular weight is 469 g/mol. The van der Waals surface area contributed by atoms with Gasteiger partial charge in [0.05, 0.1) is 20.3 Å². The van der Waals surface area contributed by atoms with E-state index in [4.69, 9.17) is 14.2 Å². The van der Waals surface area contributed by atoms with Crippen LogP contribution in [0.1, 0.15) is 10.4 Å². The Labute approximate surface area is 192 Å². The fourth-order valence-corrected chi connectivity index (χ4v) is 4.97. The second kappa shape index (κ2) is 10.0. The number of nitrogens with one attached hydrogen (secondary N) is 1. The van der Waals surface area contributed by atoms with Crippen LogP contribution in [0.4, 0.5) is 5.69 Å². The maximum atomic E-state index is 13.1. The van der Waals surface area contributed by atoms with Crippen LogP contribution in [0, 0.1) is 0 Å². The third-order valence-corrected chi connectivity index (χ3v) is 7.02. The minimum absolute atomic E-state index is 0.0499. The fraction of sp³-hybridized carbons (Fsp3) is 0.208. The summed E-state index contributed by atoms with van der Waals surface area (Å²) >= 11 is 0. The Morgan fingerprint density at radius 3 is 2.27 bits per heavy atom. The predicted octanol–water partition coefficient (Wildman–Crippen LogP) is 3.76. The number of hydrogen-bond acceptors (Lipinski definition) is 6. The maximum Gasteiger partial charge on any atom is 0.255 e. The monoisotopic (exact) mass is 468 g/mol. The highest BCUT2D eigenvalue weighted by atomic mass is 32.2. The number of hydrogen-bond donors (Lipinski definition) is 1. The molecule has 3 aromatic carbocycles. The number of amides is 1. The van der Waals surface area contributed by atoms with E-state index in [1.807, 2.05) is 30.3 Å². The molecule has 1 fully saturated rings. The highest BCUT2D eigenvalue weighted by molar-refractivity contribution is 7.89. The number of anilines is 1. The summed E-state index contributed by atoms with van der Waals surface area (Å²) in [7, 11) is -2.44. The smallest absolute Gasteiger partial charge is 0.255 e. The number of carbonyl (C=O) groups excluding carboxylic acids is 1. The van der Waals surface area contributed by atoms with Crippen LogP contribution in [0.5, 0.6) is 17.2 Å². The summed E-state index contributed by atoms with van der Waals surface area (Å²) in [4.78, 5) is 12.8. The molecule has 0 aliphatic carbocycles. The van der Waals surface area contributed by atoms with Gasteiger partial charge >= 0.3 is 0 Å². The van der Waals surface area contributed by atoms with Crippen molar-refractivity contribution in [1.82, 2.24) is 4.31 Å². The molecular weight excluding hydrogens is 444 g/mol. The summed E-state index contributed by atoms with van der Waals surface area (Å²) in [5.74, 6) is 1.08. The highest BCUT2D eigenvalue weighted by Gasteiger charge is 2.30. The first-order valence-electron chi connectivity index (χ1n) is 10.4. The molecule has 172 valence electrons. The maximum absolute atomic E-state index is 13.1. The Bertz CT molecular complexity index is 1210. The van der Waals surface area contributed by atoms with E-state index in [9.17, 15) is 13.2 Å². The molecule has 1 amide bonds. The molecule has 0 atom stereocenters. The van der Waals surface area contributed by atoms with Crippen molar-refractivity contribution in [2.45, 2.75) is 4.90 Å². The summed E-state index contributed by atoms with van der Waals surface area (Å²) in [6, 6.07) is 20.6. The van der Waals surface area contributed by atoms with Gasteiger partial charge in [-0.25, -0.2) is 8.42 Å². The van der Waals surface area contributed by atoms with E-state index in [2.05, 4.69) is 5.32 Å². The van der Waals surface area contributed by atoms with Crippen molar-refractivity contribution in [1.29, 1.82) is 0 Å². The zero-order valence-electron chi connectivity index (χ0n) is 18.1. The van der Waals surface area contributed by atoms with Gasteiger partial charge < -0.3 is 19.5 Å². The molecule has 9 heteroatoms. The van der Waals surface area contributed by atoms with E-state index >= 15 is 0 Å². The van der Waals surface area contributed by atoms with Crippen molar-refractivity contribution in [3.8, 4) is 17.2 Å². The van der Waals surface area contributed by atoms with Crippen molar-refractivity contribution in [2.24, 2.45) is 0 Å². The topological polar surface area (TPSA) is 94.2 Å². The summed E-state index contributed by atoms with van der Waals surface area (Å²) in [6.07, 6.45) is 0. The average Bonchev–Trinajstić information content (AvgIpc) is 2.86. The van der Waals surface area contributed by atoms with Crippen LogP contribution in [-0.4, -0.2) is 52.0 Å². The Morgan fingerprint density at radius 1 is 0.939 bits per heavy atom. The quantitative estimate of drug-likeness (QED) is 0.568. The van der Waals surface area contributed by atoms with E-state index in [1.165, 1.54) is 29.6 Å². The van der Waals surface area contributed by atoms with E-state index in [-0.39, 0.29) is 29.3 Å². The van der Waals surface area contributed by atoms with Crippen molar-refractivity contribution < 1.29 is 27.4 Å². The Balaban J connectivity index is 1.51. The largest absolute Gasteiger partial charge is 0.495 e. The molecule has 33 heavy (non-hydrogen) atoms. The normalized spacial score (nSPS) is 14.5. The van der Waals surface area contributed by atoms with Gasteiger partial charge in [0.15, 0.2) is 0 Å². The van der Waals surface area contributed by atoms with Crippen molar-refractivity contribution in [3.05, 3.63) is 78.4 Å². The molecule has 0 unspecified atom stereocenters. The predicted molar refractivity (Wildman–Crippen MR) is 123 cm³/mol. The molecule has 8 nitrogen and oxygen atoms in total. The number of carbonyl (C=O) groups is 1. The standard InChI is InChI=1S/C24H24N2O6S/c1-30-22-12-7-18(17-23(22)33(28,29)26-13-15-31-16-14-26)24(27)25-19-8-10-21(11-9-19)32-20-5-3-2-4-6-20/h2-12,17H,13-16H2,1H3,(H,25,27). The van der Waals surface area contributed by atoms with Crippen LogP contribution in [-0.2, 0) is 14.8 Å². The van der Waals surface area contributed by atoms with Gasteiger partial charge in [-0.2, -0.15) is 4.31 Å². The molecule has 0 spiro atoms. The molecule has 0 bridgehead atoms. The summed E-state index contributed by atoms with van der Waals surface area (Å²) in [5, 5.41) is 2.78. The van der Waals surface area contributed by atoms with Gasteiger partial charge in [-0.3, -0.25) is 4.79 Å². The lowest BCUT2D eigenvalue weighted by molar-refractivity contribution is 0.0729. The molecule has 1 heterocycles. The molecule has 1 saturated heterocycles. The minimum Gasteiger partial charge on any atom is -0.495 e. The fourth-order valence-electron chi connectivity index (χ4n) is 3.38. The van der Waals surface area contributed by atoms with Crippen LogP contribution >= 0.6 is 0 Å². The van der Waals surface area contributed by atoms with Gasteiger partial charge in [0.2, 0.25) is 10.0 Å². The lowest BCUT2D eigenvalue weighted by atomic mass is 10.2. The molecule has 4 rings (SSSR count). The lowest BCUT2D eigenvalue weighted by Gasteiger charge is -2.26. The van der Waals surface area contributed by atoms with Gasteiger partial charge in [0.1, 0.15) is 22.1 Å². The van der Waals surface area contributed by atoms with Crippen molar-refractivity contribution >= 4 is 21.6 Å². The first kappa shape index (κ1) is 22.8.